The summed E-state index contributed by atoms with van der Waals surface area (Å²) in [5, 5.41) is 14.1. The third-order valence-electron chi connectivity index (χ3n) is 4.02. The van der Waals surface area contributed by atoms with Gasteiger partial charge in [0.2, 0.25) is 6.39 Å². The van der Waals surface area contributed by atoms with Crippen molar-refractivity contribution in [2.75, 3.05) is 6.54 Å². The highest BCUT2D eigenvalue weighted by Crippen LogP contribution is 2.29. The number of likely N-dealkylation sites (tertiary alicyclic amines) is 1. The highest BCUT2D eigenvalue weighted by Gasteiger charge is 2.33. The standard InChI is InChI=1S/C16H19N3O3/c20-14(10-12-6-2-1-3-7-12)16(21)19-9-5-4-8-13(19)15-17-11-22-18-15/h1-3,6-7,11,13-14,20H,4-5,8-10H2/t13?,14-/m0/s1. The molecule has 0 bridgehead atoms. The zero-order valence-corrected chi connectivity index (χ0v) is 12.3. The molecule has 2 aromatic rings. The van der Waals surface area contributed by atoms with E-state index in [0.29, 0.717) is 18.8 Å². The Bertz CT molecular complexity index is 600. The number of hydrogen-bond donors (Lipinski definition) is 1. The van der Waals surface area contributed by atoms with Crippen molar-refractivity contribution in [1.29, 1.82) is 0 Å². The molecule has 22 heavy (non-hydrogen) atoms. The van der Waals surface area contributed by atoms with Gasteiger partial charge in [0.25, 0.3) is 5.91 Å². The molecule has 1 aliphatic rings. The fourth-order valence-electron chi connectivity index (χ4n) is 2.91. The third kappa shape index (κ3) is 3.17. The predicted octanol–water partition coefficient (Wildman–Crippen LogP) is 1.73. The van der Waals surface area contributed by atoms with Gasteiger partial charge < -0.3 is 14.5 Å². The number of hydrogen-bond acceptors (Lipinski definition) is 5. The first kappa shape index (κ1) is 14.7. The van der Waals surface area contributed by atoms with Crippen LogP contribution in [0.4, 0.5) is 0 Å². The van der Waals surface area contributed by atoms with Gasteiger partial charge in [-0.15, -0.1) is 0 Å². The molecule has 0 spiro atoms. The molecule has 6 nitrogen and oxygen atoms in total. The van der Waals surface area contributed by atoms with Gasteiger partial charge in [-0.2, -0.15) is 4.98 Å². The summed E-state index contributed by atoms with van der Waals surface area (Å²) in [4.78, 5) is 18.3. The molecule has 0 radical (unpaired) electrons. The molecule has 1 aromatic carbocycles. The van der Waals surface area contributed by atoms with E-state index in [2.05, 4.69) is 10.1 Å². The molecule has 1 N–H and O–H groups in total. The summed E-state index contributed by atoms with van der Waals surface area (Å²) in [6.07, 6.45) is 3.27. The second-order valence-electron chi connectivity index (χ2n) is 5.54. The number of carbonyl (C=O) groups is 1. The fraction of sp³-hybridized carbons (Fsp3) is 0.438. The van der Waals surface area contributed by atoms with Crippen LogP contribution in [0.1, 0.15) is 36.7 Å². The van der Waals surface area contributed by atoms with Crippen molar-refractivity contribution in [3.8, 4) is 0 Å². The SMILES string of the molecule is O=C([C@@H](O)Cc1ccccc1)N1CCCCC1c1ncon1. The lowest BCUT2D eigenvalue weighted by Gasteiger charge is -2.35. The highest BCUT2D eigenvalue weighted by molar-refractivity contribution is 5.81. The van der Waals surface area contributed by atoms with E-state index in [-0.39, 0.29) is 11.9 Å². The fourth-order valence-corrected chi connectivity index (χ4v) is 2.91. The summed E-state index contributed by atoms with van der Waals surface area (Å²) in [6, 6.07) is 9.32. The quantitative estimate of drug-likeness (QED) is 0.930. The predicted molar refractivity (Wildman–Crippen MR) is 78.8 cm³/mol. The largest absolute Gasteiger partial charge is 0.383 e. The molecular weight excluding hydrogens is 282 g/mol. The molecule has 1 aliphatic heterocycles. The van der Waals surface area contributed by atoms with Crippen molar-refractivity contribution in [3.63, 3.8) is 0 Å². The highest BCUT2D eigenvalue weighted by atomic mass is 16.5. The first-order valence-corrected chi connectivity index (χ1v) is 7.54. The van der Waals surface area contributed by atoms with E-state index in [9.17, 15) is 9.90 Å². The molecule has 116 valence electrons. The second kappa shape index (κ2) is 6.70. The number of aliphatic hydroxyl groups excluding tert-OH is 1. The van der Waals surface area contributed by atoms with Crippen LogP contribution in [-0.2, 0) is 11.2 Å². The van der Waals surface area contributed by atoms with E-state index in [4.69, 9.17) is 4.52 Å². The summed E-state index contributed by atoms with van der Waals surface area (Å²) in [5.41, 5.74) is 0.941. The number of rotatable bonds is 4. The van der Waals surface area contributed by atoms with Crippen LogP contribution in [0.25, 0.3) is 0 Å². The van der Waals surface area contributed by atoms with Crippen LogP contribution in [0.2, 0.25) is 0 Å². The van der Waals surface area contributed by atoms with Crippen molar-refractivity contribution in [1.82, 2.24) is 15.0 Å². The summed E-state index contributed by atoms with van der Waals surface area (Å²) in [6.45, 7) is 0.615. The van der Waals surface area contributed by atoms with Crippen LogP contribution in [0.3, 0.4) is 0 Å². The Labute approximate surface area is 128 Å². The van der Waals surface area contributed by atoms with Crippen molar-refractivity contribution in [3.05, 3.63) is 48.1 Å². The van der Waals surface area contributed by atoms with Gasteiger partial charge in [-0.25, -0.2) is 0 Å². The molecule has 6 heteroatoms. The maximum atomic E-state index is 12.6. The molecule has 2 atom stereocenters. The Hall–Kier alpha value is -2.21. The number of piperidine rings is 1. The molecule has 0 saturated carbocycles. The normalized spacial score (nSPS) is 19.9. The number of nitrogens with zero attached hydrogens (tertiary/aromatic N) is 3. The molecule has 1 amide bonds. The van der Waals surface area contributed by atoms with Gasteiger partial charge in [-0.3, -0.25) is 4.79 Å². The first-order valence-electron chi connectivity index (χ1n) is 7.54. The average Bonchev–Trinajstić information content (AvgIpc) is 3.09. The Morgan fingerprint density at radius 2 is 2.18 bits per heavy atom. The average molecular weight is 301 g/mol. The number of aliphatic hydroxyl groups is 1. The molecular formula is C16H19N3O3. The summed E-state index contributed by atoms with van der Waals surface area (Å²) < 4.78 is 4.79. The number of aromatic nitrogens is 2. The van der Waals surface area contributed by atoms with Gasteiger partial charge in [0.05, 0.1) is 6.04 Å². The molecule has 0 aliphatic carbocycles. The number of amides is 1. The van der Waals surface area contributed by atoms with Crippen molar-refractivity contribution >= 4 is 5.91 Å². The van der Waals surface area contributed by atoms with Gasteiger partial charge in [-0.1, -0.05) is 35.5 Å². The Morgan fingerprint density at radius 1 is 1.36 bits per heavy atom. The minimum absolute atomic E-state index is 0.203. The lowest BCUT2D eigenvalue weighted by Crippen LogP contribution is -2.45. The summed E-state index contributed by atoms with van der Waals surface area (Å²) in [5.74, 6) is 0.248. The van der Waals surface area contributed by atoms with Crippen LogP contribution in [0, 0.1) is 0 Å². The molecule has 2 heterocycles. The van der Waals surface area contributed by atoms with Gasteiger partial charge in [0, 0.05) is 13.0 Å². The lowest BCUT2D eigenvalue weighted by molar-refractivity contribution is -0.144. The Kier molecular flexibility index (Phi) is 4.48. The van der Waals surface area contributed by atoms with Crippen LogP contribution >= 0.6 is 0 Å². The maximum Gasteiger partial charge on any atom is 0.252 e. The molecule has 1 saturated heterocycles. The minimum atomic E-state index is -1.05. The van der Waals surface area contributed by atoms with E-state index in [0.717, 1.165) is 24.8 Å². The van der Waals surface area contributed by atoms with E-state index in [1.54, 1.807) is 4.90 Å². The van der Waals surface area contributed by atoms with Crippen molar-refractivity contribution < 1.29 is 14.4 Å². The minimum Gasteiger partial charge on any atom is -0.383 e. The van der Waals surface area contributed by atoms with Gasteiger partial charge in [0.15, 0.2) is 5.82 Å². The van der Waals surface area contributed by atoms with E-state index < -0.39 is 6.10 Å². The Morgan fingerprint density at radius 3 is 2.91 bits per heavy atom. The van der Waals surface area contributed by atoms with Crippen LogP contribution in [0.15, 0.2) is 41.2 Å². The monoisotopic (exact) mass is 301 g/mol. The zero-order chi connectivity index (χ0) is 15.4. The van der Waals surface area contributed by atoms with Crippen LogP contribution in [-0.4, -0.2) is 38.7 Å². The van der Waals surface area contributed by atoms with Gasteiger partial charge in [-0.05, 0) is 24.8 Å². The summed E-state index contributed by atoms with van der Waals surface area (Å²) >= 11 is 0. The number of benzene rings is 1. The Balaban J connectivity index is 1.71. The second-order valence-corrected chi connectivity index (χ2v) is 5.54. The van der Waals surface area contributed by atoms with Gasteiger partial charge in [0.1, 0.15) is 6.10 Å². The summed E-state index contributed by atoms with van der Waals surface area (Å²) in [7, 11) is 0. The van der Waals surface area contributed by atoms with E-state index in [1.165, 1.54) is 6.39 Å². The third-order valence-corrected chi connectivity index (χ3v) is 4.02. The lowest BCUT2D eigenvalue weighted by atomic mass is 9.99. The van der Waals surface area contributed by atoms with Crippen LogP contribution < -0.4 is 0 Å². The van der Waals surface area contributed by atoms with E-state index >= 15 is 0 Å². The van der Waals surface area contributed by atoms with Gasteiger partial charge >= 0.3 is 0 Å². The molecule has 1 fully saturated rings. The molecule has 3 rings (SSSR count). The van der Waals surface area contributed by atoms with Crippen molar-refractivity contribution in [2.45, 2.75) is 37.8 Å². The van der Waals surface area contributed by atoms with E-state index in [1.807, 2.05) is 30.3 Å². The molecule has 1 unspecified atom stereocenters. The molecule has 1 aromatic heterocycles. The zero-order valence-electron chi connectivity index (χ0n) is 12.3. The number of carbonyl (C=O) groups excluding carboxylic acids is 1. The van der Waals surface area contributed by atoms with Crippen molar-refractivity contribution in [2.24, 2.45) is 0 Å². The topological polar surface area (TPSA) is 79.5 Å². The van der Waals surface area contributed by atoms with Crippen LogP contribution in [0.5, 0.6) is 0 Å². The maximum absolute atomic E-state index is 12.6. The first-order chi connectivity index (χ1) is 10.8. The smallest absolute Gasteiger partial charge is 0.252 e.